The van der Waals surface area contributed by atoms with E-state index >= 15 is 0 Å². The summed E-state index contributed by atoms with van der Waals surface area (Å²) >= 11 is 0. The summed E-state index contributed by atoms with van der Waals surface area (Å²) in [5, 5.41) is 16.7. The lowest BCUT2D eigenvalue weighted by atomic mass is 10.1. The SMILES string of the molecule is Cn1c(CCC(=O)O)nnc1Cc1ccc(F)cc1. The van der Waals surface area contributed by atoms with Gasteiger partial charge in [-0.2, -0.15) is 0 Å². The van der Waals surface area contributed by atoms with Crippen molar-refractivity contribution >= 4 is 5.97 Å². The highest BCUT2D eigenvalue weighted by atomic mass is 19.1. The maximum absolute atomic E-state index is 12.8. The number of hydrogen-bond acceptors (Lipinski definition) is 3. The Kier molecular flexibility index (Phi) is 3.89. The molecule has 0 aliphatic carbocycles. The van der Waals surface area contributed by atoms with Crippen LogP contribution in [0.3, 0.4) is 0 Å². The van der Waals surface area contributed by atoms with Crippen molar-refractivity contribution in [2.45, 2.75) is 19.3 Å². The number of aliphatic carboxylic acids is 1. The minimum Gasteiger partial charge on any atom is -0.481 e. The molecule has 0 bridgehead atoms. The van der Waals surface area contributed by atoms with Crippen LogP contribution in [0.25, 0.3) is 0 Å². The van der Waals surface area contributed by atoms with Gasteiger partial charge in [0.05, 0.1) is 6.42 Å². The van der Waals surface area contributed by atoms with E-state index in [1.165, 1.54) is 12.1 Å². The first-order valence-corrected chi connectivity index (χ1v) is 5.89. The van der Waals surface area contributed by atoms with E-state index in [0.717, 1.165) is 11.4 Å². The molecule has 1 N–H and O–H groups in total. The van der Waals surface area contributed by atoms with Gasteiger partial charge >= 0.3 is 5.97 Å². The molecule has 1 aromatic heterocycles. The summed E-state index contributed by atoms with van der Waals surface area (Å²) < 4.78 is 14.6. The fourth-order valence-corrected chi connectivity index (χ4v) is 1.77. The molecular weight excluding hydrogens is 249 g/mol. The molecule has 0 radical (unpaired) electrons. The average Bonchev–Trinajstić information content (AvgIpc) is 2.71. The minimum atomic E-state index is -0.858. The Morgan fingerprint density at radius 2 is 1.89 bits per heavy atom. The molecule has 1 heterocycles. The molecule has 100 valence electrons. The Balaban J connectivity index is 2.09. The lowest BCUT2D eigenvalue weighted by Gasteiger charge is -2.03. The number of carboxylic acid groups (broad SMARTS) is 1. The van der Waals surface area contributed by atoms with Crippen molar-refractivity contribution in [3.05, 3.63) is 47.3 Å². The third kappa shape index (κ3) is 3.37. The van der Waals surface area contributed by atoms with Crippen molar-refractivity contribution in [2.24, 2.45) is 7.05 Å². The van der Waals surface area contributed by atoms with Crippen LogP contribution in [0.1, 0.15) is 23.6 Å². The Bertz CT molecular complexity index is 578. The van der Waals surface area contributed by atoms with Crippen LogP contribution in [-0.2, 0) is 24.7 Å². The van der Waals surface area contributed by atoms with Crippen molar-refractivity contribution in [2.75, 3.05) is 0 Å². The van der Waals surface area contributed by atoms with E-state index in [9.17, 15) is 9.18 Å². The fourth-order valence-electron chi connectivity index (χ4n) is 1.77. The lowest BCUT2D eigenvalue weighted by Crippen LogP contribution is -2.06. The van der Waals surface area contributed by atoms with Gasteiger partial charge in [-0.1, -0.05) is 12.1 Å². The lowest BCUT2D eigenvalue weighted by molar-refractivity contribution is -0.137. The van der Waals surface area contributed by atoms with Gasteiger partial charge in [-0.25, -0.2) is 4.39 Å². The molecule has 0 spiro atoms. The van der Waals surface area contributed by atoms with Gasteiger partial charge < -0.3 is 9.67 Å². The Hall–Kier alpha value is -2.24. The summed E-state index contributed by atoms with van der Waals surface area (Å²) in [7, 11) is 1.80. The summed E-state index contributed by atoms with van der Waals surface area (Å²) in [6.07, 6.45) is 0.918. The number of hydrogen-bond donors (Lipinski definition) is 1. The van der Waals surface area contributed by atoms with Gasteiger partial charge in [0.25, 0.3) is 0 Å². The fraction of sp³-hybridized carbons (Fsp3) is 0.308. The van der Waals surface area contributed by atoms with Crippen molar-refractivity contribution in [1.82, 2.24) is 14.8 Å². The summed E-state index contributed by atoms with van der Waals surface area (Å²) in [4.78, 5) is 10.5. The Morgan fingerprint density at radius 3 is 2.53 bits per heavy atom. The highest BCUT2D eigenvalue weighted by Gasteiger charge is 2.10. The molecular formula is C13H14FN3O2. The highest BCUT2D eigenvalue weighted by Crippen LogP contribution is 2.10. The molecule has 0 amide bonds. The van der Waals surface area contributed by atoms with E-state index in [2.05, 4.69) is 10.2 Å². The highest BCUT2D eigenvalue weighted by molar-refractivity contribution is 5.66. The molecule has 1 aromatic carbocycles. The largest absolute Gasteiger partial charge is 0.481 e. The number of nitrogens with zero attached hydrogens (tertiary/aromatic N) is 3. The van der Waals surface area contributed by atoms with Crippen LogP contribution in [0.15, 0.2) is 24.3 Å². The van der Waals surface area contributed by atoms with E-state index in [0.29, 0.717) is 18.7 Å². The molecule has 0 saturated heterocycles. The quantitative estimate of drug-likeness (QED) is 0.889. The zero-order valence-electron chi connectivity index (χ0n) is 10.5. The zero-order chi connectivity index (χ0) is 13.8. The predicted molar refractivity (Wildman–Crippen MR) is 66.2 cm³/mol. The van der Waals surface area contributed by atoms with E-state index in [1.54, 1.807) is 23.7 Å². The normalized spacial score (nSPS) is 10.6. The van der Waals surface area contributed by atoms with Gasteiger partial charge in [-0.3, -0.25) is 4.79 Å². The molecule has 5 nitrogen and oxygen atoms in total. The Morgan fingerprint density at radius 1 is 1.26 bits per heavy atom. The second kappa shape index (κ2) is 5.60. The summed E-state index contributed by atoms with van der Waals surface area (Å²) in [5.74, 6) is 0.235. The van der Waals surface area contributed by atoms with Crippen LogP contribution in [0.4, 0.5) is 4.39 Å². The van der Waals surface area contributed by atoms with E-state index in [-0.39, 0.29) is 12.2 Å². The molecule has 0 aliphatic rings. The number of carboxylic acids is 1. The predicted octanol–water partition coefficient (Wildman–Crippen LogP) is 1.56. The number of halogens is 1. The molecule has 2 rings (SSSR count). The van der Waals surface area contributed by atoms with E-state index in [4.69, 9.17) is 5.11 Å². The van der Waals surface area contributed by atoms with Crippen LogP contribution in [0.5, 0.6) is 0 Å². The number of aromatic nitrogens is 3. The van der Waals surface area contributed by atoms with Crippen molar-refractivity contribution in [3.8, 4) is 0 Å². The van der Waals surface area contributed by atoms with Crippen LogP contribution >= 0.6 is 0 Å². The van der Waals surface area contributed by atoms with Crippen LogP contribution < -0.4 is 0 Å². The summed E-state index contributed by atoms with van der Waals surface area (Å²) in [5.41, 5.74) is 0.932. The van der Waals surface area contributed by atoms with Crippen LogP contribution in [-0.4, -0.2) is 25.8 Å². The smallest absolute Gasteiger partial charge is 0.303 e. The third-order valence-electron chi connectivity index (χ3n) is 2.89. The maximum Gasteiger partial charge on any atom is 0.303 e. The molecule has 19 heavy (non-hydrogen) atoms. The van der Waals surface area contributed by atoms with Crippen molar-refractivity contribution in [3.63, 3.8) is 0 Å². The molecule has 2 aromatic rings. The average molecular weight is 263 g/mol. The second-order valence-electron chi connectivity index (χ2n) is 4.29. The number of rotatable bonds is 5. The third-order valence-corrected chi connectivity index (χ3v) is 2.89. The molecule has 0 atom stereocenters. The second-order valence-corrected chi connectivity index (χ2v) is 4.29. The topological polar surface area (TPSA) is 68.0 Å². The number of benzene rings is 1. The molecule has 0 fully saturated rings. The zero-order valence-corrected chi connectivity index (χ0v) is 10.5. The van der Waals surface area contributed by atoms with Gasteiger partial charge in [0.2, 0.25) is 0 Å². The number of carbonyl (C=O) groups is 1. The van der Waals surface area contributed by atoms with Gasteiger partial charge in [0.1, 0.15) is 17.5 Å². The summed E-state index contributed by atoms with van der Waals surface area (Å²) in [6.45, 7) is 0. The van der Waals surface area contributed by atoms with Crippen LogP contribution in [0.2, 0.25) is 0 Å². The first-order valence-electron chi connectivity index (χ1n) is 5.89. The van der Waals surface area contributed by atoms with Gasteiger partial charge in [0, 0.05) is 19.9 Å². The Labute approximate surface area is 109 Å². The first-order chi connectivity index (χ1) is 9.06. The molecule has 0 unspecified atom stereocenters. The van der Waals surface area contributed by atoms with Crippen molar-refractivity contribution < 1.29 is 14.3 Å². The van der Waals surface area contributed by atoms with Crippen LogP contribution in [0, 0.1) is 5.82 Å². The van der Waals surface area contributed by atoms with E-state index in [1.807, 2.05) is 0 Å². The standard InChI is InChI=1S/C13H14FN3O2/c1-17-11(6-7-13(18)19)15-16-12(17)8-9-2-4-10(14)5-3-9/h2-5H,6-8H2,1H3,(H,18,19). The van der Waals surface area contributed by atoms with Gasteiger partial charge in [-0.05, 0) is 17.7 Å². The van der Waals surface area contributed by atoms with Crippen molar-refractivity contribution in [1.29, 1.82) is 0 Å². The van der Waals surface area contributed by atoms with E-state index < -0.39 is 5.97 Å². The molecule has 0 saturated carbocycles. The van der Waals surface area contributed by atoms with Gasteiger partial charge in [0.15, 0.2) is 0 Å². The monoisotopic (exact) mass is 263 g/mol. The molecule has 6 heteroatoms. The minimum absolute atomic E-state index is 0.0303. The summed E-state index contributed by atoms with van der Waals surface area (Å²) in [6, 6.07) is 6.19. The number of aryl methyl sites for hydroxylation is 1. The van der Waals surface area contributed by atoms with Gasteiger partial charge in [-0.15, -0.1) is 10.2 Å². The molecule has 0 aliphatic heterocycles. The maximum atomic E-state index is 12.8. The first kappa shape index (κ1) is 13.2.